The Morgan fingerprint density at radius 3 is 2.61 bits per heavy atom. The van der Waals surface area contributed by atoms with Crippen LogP contribution in [0.1, 0.15) is 64.9 Å². The average Bonchev–Trinajstić information content (AvgIpc) is 3.60. The van der Waals surface area contributed by atoms with Gasteiger partial charge < -0.3 is 24.2 Å². The number of amides is 4. The zero-order valence-corrected chi connectivity index (χ0v) is 22.8. The number of methoxy groups -OCH3 is 1. The Hall–Kier alpha value is -4.67. The van der Waals surface area contributed by atoms with Gasteiger partial charge in [0.1, 0.15) is 17.5 Å². The fraction of sp³-hybridized carbons (Fsp3) is 0.367. The predicted molar refractivity (Wildman–Crippen MR) is 147 cm³/mol. The van der Waals surface area contributed by atoms with Gasteiger partial charge in [-0.15, -0.1) is 0 Å². The zero-order chi connectivity index (χ0) is 28.8. The summed E-state index contributed by atoms with van der Waals surface area (Å²) in [6.45, 7) is 1.39. The maximum atomic E-state index is 12.8. The van der Waals surface area contributed by atoms with Gasteiger partial charge in [0.2, 0.25) is 11.8 Å². The van der Waals surface area contributed by atoms with Gasteiger partial charge in [-0.05, 0) is 67.3 Å². The Balaban J connectivity index is 0.980. The van der Waals surface area contributed by atoms with Crippen LogP contribution in [0.2, 0.25) is 0 Å². The molecule has 11 heteroatoms. The maximum Gasteiger partial charge on any atom is 0.273 e. The number of piperidine rings is 1. The van der Waals surface area contributed by atoms with Gasteiger partial charge in [0.15, 0.2) is 11.5 Å². The van der Waals surface area contributed by atoms with Crippen LogP contribution in [0.15, 0.2) is 53.1 Å². The summed E-state index contributed by atoms with van der Waals surface area (Å²) in [6.07, 6.45) is 4.11. The van der Waals surface area contributed by atoms with E-state index >= 15 is 0 Å². The second-order valence-electron chi connectivity index (χ2n) is 10.0. The third-order valence-electron chi connectivity index (χ3n) is 7.24. The highest BCUT2D eigenvalue weighted by molar-refractivity contribution is 6.05. The molecule has 2 aromatic carbocycles. The molecule has 1 saturated heterocycles. The van der Waals surface area contributed by atoms with Gasteiger partial charge in [0.05, 0.1) is 13.7 Å². The van der Waals surface area contributed by atoms with Gasteiger partial charge in [0.25, 0.3) is 11.8 Å². The van der Waals surface area contributed by atoms with Gasteiger partial charge in [-0.2, -0.15) is 0 Å². The van der Waals surface area contributed by atoms with Crippen LogP contribution >= 0.6 is 0 Å². The number of carbonyl (C=O) groups is 4. The molecule has 0 saturated carbocycles. The first-order chi connectivity index (χ1) is 19.9. The topological polar surface area (TPSA) is 140 Å². The molecule has 1 unspecified atom stereocenters. The molecule has 0 radical (unpaired) electrons. The van der Waals surface area contributed by atoms with E-state index in [9.17, 15) is 19.2 Å². The van der Waals surface area contributed by atoms with E-state index in [1.165, 1.54) is 4.90 Å². The molecule has 2 aliphatic heterocycles. The summed E-state index contributed by atoms with van der Waals surface area (Å²) in [5.74, 6) is 0.726. The summed E-state index contributed by atoms with van der Waals surface area (Å²) in [7, 11) is 1.60. The smallest absolute Gasteiger partial charge is 0.273 e. The quantitative estimate of drug-likeness (QED) is 0.254. The number of hydrogen-bond donors (Lipinski definition) is 2. The van der Waals surface area contributed by atoms with Gasteiger partial charge in [-0.3, -0.25) is 24.5 Å². The van der Waals surface area contributed by atoms with Crippen LogP contribution < -0.4 is 20.1 Å². The standard InChI is InChI=1S/C30H32N4O7/c1-39-21-8-6-19(7-9-21)26-17-24(33-41-26)28(36)31-14-4-2-3-5-15-40-22-10-11-23-20(16-22)18-34(30(23)38)25-12-13-27(35)32-29(25)37/h6-11,16-17,25H,2-5,12-15,18H2,1H3,(H,31,36)(H,32,35,37). The molecule has 1 fully saturated rings. The van der Waals surface area contributed by atoms with Crippen molar-refractivity contribution in [3.8, 4) is 22.8 Å². The molecule has 0 spiro atoms. The summed E-state index contributed by atoms with van der Waals surface area (Å²) in [5.41, 5.74) is 2.42. The second-order valence-corrected chi connectivity index (χ2v) is 10.0. The van der Waals surface area contributed by atoms with Crippen LogP contribution in [-0.4, -0.2) is 60.0 Å². The van der Waals surface area contributed by atoms with Crippen molar-refractivity contribution in [2.75, 3.05) is 20.3 Å². The Morgan fingerprint density at radius 1 is 1.05 bits per heavy atom. The molecule has 2 N–H and O–H groups in total. The first-order valence-corrected chi connectivity index (χ1v) is 13.7. The van der Waals surface area contributed by atoms with Crippen LogP contribution in [0.4, 0.5) is 0 Å². The van der Waals surface area contributed by atoms with Crippen molar-refractivity contribution in [3.05, 3.63) is 65.4 Å². The highest BCUT2D eigenvalue weighted by Crippen LogP contribution is 2.30. The van der Waals surface area contributed by atoms with Crippen LogP contribution in [0.3, 0.4) is 0 Å². The monoisotopic (exact) mass is 560 g/mol. The van der Waals surface area contributed by atoms with Crippen molar-refractivity contribution in [2.24, 2.45) is 0 Å². The molecule has 2 aliphatic rings. The number of rotatable bonds is 12. The van der Waals surface area contributed by atoms with E-state index in [-0.39, 0.29) is 29.8 Å². The highest BCUT2D eigenvalue weighted by Gasteiger charge is 2.39. The highest BCUT2D eigenvalue weighted by atomic mass is 16.5. The lowest BCUT2D eigenvalue weighted by molar-refractivity contribution is -0.136. The first kappa shape index (κ1) is 27.9. The molecule has 0 bridgehead atoms. The van der Waals surface area contributed by atoms with Crippen molar-refractivity contribution in [1.29, 1.82) is 0 Å². The number of benzene rings is 2. The van der Waals surface area contributed by atoms with E-state index in [0.29, 0.717) is 43.2 Å². The molecule has 1 aromatic heterocycles. The number of carbonyl (C=O) groups excluding carboxylic acids is 4. The average molecular weight is 561 g/mol. The number of imide groups is 1. The molecule has 11 nitrogen and oxygen atoms in total. The lowest BCUT2D eigenvalue weighted by atomic mass is 10.0. The Morgan fingerprint density at radius 2 is 1.83 bits per heavy atom. The summed E-state index contributed by atoms with van der Waals surface area (Å²) in [4.78, 5) is 50.4. The van der Waals surface area contributed by atoms with E-state index < -0.39 is 11.9 Å². The van der Waals surface area contributed by atoms with Crippen LogP contribution in [0, 0.1) is 0 Å². The van der Waals surface area contributed by atoms with Crippen molar-refractivity contribution < 1.29 is 33.2 Å². The van der Waals surface area contributed by atoms with Crippen molar-refractivity contribution in [3.63, 3.8) is 0 Å². The number of unbranched alkanes of at least 4 members (excludes halogenated alkanes) is 3. The first-order valence-electron chi connectivity index (χ1n) is 13.7. The summed E-state index contributed by atoms with van der Waals surface area (Å²) < 4.78 is 16.4. The van der Waals surface area contributed by atoms with E-state index in [2.05, 4.69) is 15.8 Å². The lowest BCUT2D eigenvalue weighted by Crippen LogP contribution is -2.52. The molecule has 3 heterocycles. The van der Waals surface area contributed by atoms with Crippen LogP contribution in [0.25, 0.3) is 11.3 Å². The third kappa shape index (κ3) is 6.56. The van der Waals surface area contributed by atoms with Crippen LogP contribution in [-0.2, 0) is 16.1 Å². The molecule has 4 amide bonds. The molecular weight excluding hydrogens is 528 g/mol. The zero-order valence-electron chi connectivity index (χ0n) is 22.8. The molecule has 41 heavy (non-hydrogen) atoms. The molecular formula is C30H32N4O7. The number of fused-ring (bicyclic) bond motifs is 1. The Labute approximate surface area is 237 Å². The maximum absolute atomic E-state index is 12.8. The van der Waals surface area contributed by atoms with Crippen molar-refractivity contribution in [2.45, 2.75) is 51.1 Å². The molecule has 3 aromatic rings. The number of nitrogens with one attached hydrogen (secondary N) is 2. The summed E-state index contributed by atoms with van der Waals surface area (Å²) in [5, 5.41) is 9.06. The van der Waals surface area contributed by atoms with Crippen molar-refractivity contribution >= 4 is 23.6 Å². The minimum absolute atomic E-state index is 0.200. The van der Waals surface area contributed by atoms with E-state index in [4.69, 9.17) is 14.0 Å². The minimum Gasteiger partial charge on any atom is -0.497 e. The Kier molecular flexibility index (Phi) is 8.61. The number of hydrogen-bond acceptors (Lipinski definition) is 8. The third-order valence-corrected chi connectivity index (χ3v) is 7.24. The van der Waals surface area contributed by atoms with Crippen molar-refractivity contribution in [1.82, 2.24) is 20.7 Å². The predicted octanol–water partition coefficient (Wildman–Crippen LogP) is 3.48. The largest absolute Gasteiger partial charge is 0.497 e. The van der Waals surface area contributed by atoms with E-state index in [1.54, 1.807) is 25.3 Å². The number of ether oxygens (including phenoxy) is 2. The fourth-order valence-corrected chi connectivity index (χ4v) is 4.98. The van der Waals surface area contributed by atoms with Gasteiger partial charge in [0, 0.05) is 36.7 Å². The molecule has 214 valence electrons. The number of nitrogens with zero attached hydrogens (tertiary/aromatic N) is 2. The second kappa shape index (κ2) is 12.7. The van der Waals surface area contributed by atoms with Gasteiger partial charge in [-0.1, -0.05) is 18.0 Å². The van der Waals surface area contributed by atoms with Gasteiger partial charge >= 0.3 is 0 Å². The molecule has 5 rings (SSSR count). The summed E-state index contributed by atoms with van der Waals surface area (Å²) in [6, 6.07) is 13.6. The van der Waals surface area contributed by atoms with Crippen LogP contribution in [0.5, 0.6) is 11.5 Å². The lowest BCUT2D eigenvalue weighted by Gasteiger charge is -2.29. The van der Waals surface area contributed by atoms with Gasteiger partial charge in [-0.25, -0.2) is 0 Å². The Bertz CT molecular complexity index is 1430. The van der Waals surface area contributed by atoms with E-state index in [1.807, 2.05) is 30.3 Å². The molecule has 1 atom stereocenters. The fourth-order valence-electron chi connectivity index (χ4n) is 4.98. The molecule has 0 aliphatic carbocycles. The SMILES string of the molecule is COc1ccc(-c2cc(C(=O)NCCCCCCOc3ccc4c(c3)CN(C3CCC(=O)NC3=O)C4=O)no2)cc1. The normalized spacial score (nSPS) is 16.4. The summed E-state index contributed by atoms with van der Waals surface area (Å²) >= 11 is 0. The van der Waals surface area contributed by atoms with E-state index in [0.717, 1.165) is 42.6 Å². The number of aromatic nitrogens is 1. The minimum atomic E-state index is -0.630.